The topological polar surface area (TPSA) is 25.8 Å². The normalized spacial score (nSPS) is 10.5. The van der Waals surface area contributed by atoms with Crippen molar-refractivity contribution in [3.05, 3.63) is 47.3 Å². The van der Waals surface area contributed by atoms with E-state index < -0.39 is 22.7 Å². The summed E-state index contributed by atoms with van der Waals surface area (Å²) in [4.78, 5) is 6.41. The number of aromatic nitrogens is 2. The van der Waals surface area contributed by atoms with Gasteiger partial charge in [-0.15, -0.1) is 0 Å². The van der Waals surface area contributed by atoms with Gasteiger partial charge in [-0.1, -0.05) is 11.6 Å². The van der Waals surface area contributed by atoms with Crippen LogP contribution in [-0.4, -0.2) is 9.97 Å². The molecule has 0 saturated carbocycles. The van der Waals surface area contributed by atoms with Gasteiger partial charge in [0.25, 0.3) is 5.95 Å². The highest BCUT2D eigenvalue weighted by molar-refractivity contribution is 6.33. The molecule has 2 aromatic heterocycles. The first kappa shape index (κ1) is 10.9. The maximum Gasteiger partial charge on any atom is 0.252 e. The lowest BCUT2D eigenvalue weighted by molar-refractivity contribution is 0.450. The quantitative estimate of drug-likeness (QED) is 0.720. The van der Waals surface area contributed by atoms with Gasteiger partial charge in [-0.25, -0.2) is 4.39 Å². The summed E-state index contributed by atoms with van der Waals surface area (Å²) < 4.78 is 39.4. The van der Waals surface area contributed by atoms with Gasteiger partial charge in [0.2, 0.25) is 5.95 Å². The van der Waals surface area contributed by atoms with Crippen LogP contribution in [-0.2, 0) is 0 Å². The van der Waals surface area contributed by atoms with Crippen LogP contribution in [0, 0.1) is 17.7 Å². The van der Waals surface area contributed by atoms with Gasteiger partial charge in [0.1, 0.15) is 5.02 Å². The van der Waals surface area contributed by atoms with Crippen molar-refractivity contribution in [2.24, 2.45) is 0 Å². The zero-order valence-electron chi connectivity index (χ0n) is 7.72. The molecule has 16 heavy (non-hydrogen) atoms. The molecule has 82 valence electrons. The van der Waals surface area contributed by atoms with Crippen LogP contribution in [0.15, 0.2) is 24.5 Å². The Morgan fingerprint density at radius 1 is 1.00 bits per heavy atom. The van der Waals surface area contributed by atoms with Gasteiger partial charge in [-0.3, -0.25) is 4.98 Å². The third kappa shape index (κ3) is 1.74. The largest absolute Gasteiger partial charge is 0.265 e. The lowest BCUT2D eigenvalue weighted by Gasteiger charge is -2.06. The van der Waals surface area contributed by atoms with Crippen molar-refractivity contribution in [3.8, 4) is 11.1 Å². The van der Waals surface area contributed by atoms with E-state index in [2.05, 4.69) is 9.97 Å². The summed E-state index contributed by atoms with van der Waals surface area (Å²) in [6.07, 6.45) is 2.72. The van der Waals surface area contributed by atoms with E-state index in [9.17, 15) is 13.2 Å². The van der Waals surface area contributed by atoms with Crippen LogP contribution in [0.25, 0.3) is 11.1 Å². The molecule has 0 aliphatic heterocycles. The van der Waals surface area contributed by atoms with Crippen LogP contribution in [0.5, 0.6) is 0 Å². The van der Waals surface area contributed by atoms with Gasteiger partial charge >= 0.3 is 0 Å². The van der Waals surface area contributed by atoms with Crippen molar-refractivity contribution in [1.29, 1.82) is 0 Å². The Morgan fingerprint density at radius 2 is 1.62 bits per heavy atom. The summed E-state index contributed by atoms with van der Waals surface area (Å²) in [5, 5.41) is -0.551. The Hall–Kier alpha value is -1.62. The van der Waals surface area contributed by atoms with Crippen molar-refractivity contribution in [2.45, 2.75) is 0 Å². The molecule has 0 unspecified atom stereocenters. The summed E-state index contributed by atoms with van der Waals surface area (Å²) in [7, 11) is 0. The van der Waals surface area contributed by atoms with E-state index in [1.54, 1.807) is 0 Å². The minimum Gasteiger partial charge on any atom is -0.265 e. The van der Waals surface area contributed by atoms with Crippen molar-refractivity contribution in [2.75, 3.05) is 0 Å². The highest BCUT2D eigenvalue weighted by Crippen LogP contribution is 2.32. The lowest BCUT2D eigenvalue weighted by atomic mass is 10.1. The Labute approximate surface area is 93.7 Å². The Balaban J connectivity index is 2.74. The molecule has 0 N–H and O–H groups in total. The van der Waals surface area contributed by atoms with Crippen LogP contribution < -0.4 is 0 Å². The van der Waals surface area contributed by atoms with E-state index in [-0.39, 0.29) is 11.1 Å². The van der Waals surface area contributed by atoms with Crippen LogP contribution in [0.1, 0.15) is 0 Å². The predicted octanol–water partition coefficient (Wildman–Crippen LogP) is 3.21. The van der Waals surface area contributed by atoms with Crippen molar-refractivity contribution in [1.82, 2.24) is 9.97 Å². The molecule has 0 fully saturated rings. The summed E-state index contributed by atoms with van der Waals surface area (Å²) in [5.74, 6) is -4.04. The fourth-order valence-electron chi connectivity index (χ4n) is 1.26. The monoisotopic (exact) mass is 244 g/mol. The molecule has 0 atom stereocenters. The van der Waals surface area contributed by atoms with E-state index in [1.807, 2.05) is 0 Å². The standard InChI is InChI=1S/C10H4ClF3N2/c11-7-6(5-1-3-15-4-2-5)8(12)10(14)16-9(7)13/h1-4H. The molecule has 0 amide bonds. The number of hydrogen-bond donors (Lipinski definition) is 0. The molecule has 6 heteroatoms. The van der Waals surface area contributed by atoms with Crippen molar-refractivity contribution in [3.63, 3.8) is 0 Å². The second kappa shape index (κ2) is 4.09. The lowest BCUT2D eigenvalue weighted by Crippen LogP contribution is -1.99. The van der Waals surface area contributed by atoms with Gasteiger partial charge in [-0.05, 0) is 17.7 Å². The molecule has 2 heterocycles. The van der Waals surface area contributed by atoms with Crippen LogP contribution in [0.3, 0.4) is 0 Å². The molecular weight excluding hydrogens is 241 g/mol. The number of pyridine rings is 2. The Morgan fingerprint density at radius 3 is 2.25 bits per heavy atom. The zero-order valence-corrected chi connectivity index (χ0v) is 8.47. The van der Waals surface area contributed by atoms with Crippen molar-refractivity contribution >= 4 is 11.6 Å². The minimum absolute atomic E-state index is 0.234. The second-order valence-electron chi connectivity index (χ2n) is 2.93. The summed E-state index contributed by atoms with van der Waals surface area (Å²) in [6, 6.07) is 2.78. The van der Waals surface area contributed by atoms with E-state index in [0.717, 1.165) is 0 Å². The smallest absolute Gasteiger partial charge is 0.252 e. The number of rotatable bonds is 1. The highest BCUT2D eigenvalue weighted by Gasteiger charge is 2.20. The molecule has 2 aromatic rings. The van der Waals surface area contributed by atoms with E-state index in [1.165, 1.54) is 24.5 Å². The van der Waals surface area contributed by atoms with E-state index in [4.69, 9.17) is 11.6 Å². The number of nitrogens with zero attached hydrogens (tertiary/aromatic N) is 2. The Kier molecular flexibility index (Phi) is 2.78. The van der Waals surface area contributed by atoms with E-state index >= 15 is 0 Å². The first-order chi connectivity index (χ1) is 7.61. The van der Waals surface area contributed by atoms with Gasteiger partial charge in [0, 0.05) is 18.0 Å². The minimum atomic E-state index is -1.52. The third-order valence-electron chi connectivity index (χ3n) is 1.97. The van der Waals surface area contributed by atoms with E-state index in [0.29, 0.717) is 0 Å². The molecule has 0 aromatic carbocycles. The zero-order chi connectivity index (χ0) is 11.7. The molecule has 0 spiro atoms. The van der Waals surface area contributed by atoms with Gasteiger partial charge < -0.3 is 0 Å². The number of halogens is 4. The van der Waals surface area contributed by atoms with Crippen LogP contribution in [0.4, 0.5) is 13.2 Å². The maximum atomic E-state index is 13.4. The average Bonchev–Trinajstić information content (AvgIpc) is 2.28. The summed E-state index contributed by atoms with van der Waals surface area (Å²) in [5.41, 5.74) is -0.119. The molecule has 0 bridgehead atoms. The Bertz CT molecular complexity index is 505. The summed E-state index contributed by atoms with van der Waals surface area (Å²) in [6.45, 7) is 0. The fraction of sp³-hybridized carbons (Fsp3) is 0. The third-order valence-corrected chi connectivity index (χ3v) is 2.31. The number of hydrogen-bond acceptors (Lipinski definition) is 2. The van der Waals surface area contributed by atoms with Crippen LogP contribution >= 0.6 is 11.6 Å². The average molecular weight is 245 g/mol. The van der Waals surface area contributed by atoms with Crippen molar-refractivity contribution < 1.29 is 13.2 Å². The maximum absolute atomic E-state index is 13.4. The summed E-state index contributed by atoms with van der Waals surface area (Å²) >= 11 is 5.54. The molecule has 2 rings (SSSR count). The fourth-order valence-corrected chi connectivity index (χ4v) is 1.49. The first-order valence-electron chi connectivity index (χ1n) is 4.21. The van der Waals surface area contributed by atoms with Crippen LogP contribution in [0.2, 0.25) is 5.02 Å². The molecule has 0 saturated heterocycles. The first-order valence-corrected chi connectivity index (χ1v) is 4.59. The molecule has 2 nitrogen and oxygen atoms in total. The van der Waals surface area contributed by atoms with Gasteiger partial charge in [0.15, 0.2) is 5.82 Å². The van der Waals surface area contributed by atoms with Gasteiger partial charge in [-0.2, -0.15) is 13.8 Å². The highest BCUT2D eigenvalue weighted by atomic mass is 35.5. The second-order valence-corrected chi connectivity index (χ2v) is 3.31. The van der Waals surface area contributed by atoms with Gasteiger partial charge in [0.05, 0.1) is 0 Å². The molecular formula is C10H4ClF3N2. The molecule has 0 aliphatic carbocycles. The SMILES string of the molecule is Fc1nc(F)c(Cl)c(-c2ccncc2)c1F. The molecule has 0 aliphatic rings. The predicted molar refractivity (Wildman–Crippen MR) is 52.4 cm³/mol. The molecule has 0 radical (unpaired) electrons.